The van der Waals surface area contributed by atoms with Crippen LogP contribution in [0, 0.1) is 0 Å². The Morgan fingerprint density at radius 1 is 1.47 bits per heavy atom. The highest BCUT2D eigenvalue weighted by atomic mass is 16.3. The summed E-state index contributed by atoms with van der Waals surface area (Å²) in [5, 5.41) is 14.1. The first-order valence-electron chi connectivity index (χ1n) is 6.27. The van der Waals surface area contributed by atoms with Gasteiger partial charge in [0.05, 0.1) is 0 Å². The molecular weight excluding hydrogens is 246 g/mol. The van der Waals surface area contributed by atoms with Crippen molar-refractivity contribution in [3.8, 4) is 0 Å². The lowest BCUT2D eigenvalue weighted by Crippen LogP contribution is -2.27. The fraction of sp³-hybridized carbons (Fsp3) is 0.385. The largest absolute Gasteiger partial charge is 0.396 e. The van der Waals surface area contributed by atoms with Crippen molar-refractivity contribution < 1.29 is 14.7 Å². The lowest BCUT2D eigenvalue weighted by molar-refractivity contribution is -0.116. The summed E-state index contributed by atoms with van der Waals surface area (Å²) in [7, 11) is 0. The topological polar surface area (TPSA) is 81.7 Å². The molecule has 0 radical (unpaired) electrons. The molecule has 1 heterocycles. The Kier molecular flexibility index (Phi) is 4.35. The molecule has 0 unspecified atom stereocenters. The number of nitrogens with one attached hydrogen (secondary N) is 2. The van der Waals surface area contributed by atoms with E-state index in [-0.39, 0.29) is 25.0 Å². The molecule has 6 heteroatoms. The number of hydrogen-bond acceptors (Lipinski definition) is 3. The molecule has 19 heavy (non-hydrogen) atoms. The van der Waals surface area contributed by atoms with Gasteiger partial charge in [0.25, 0.3) is 0 Å². The molecule has 1 saturated heterocycles. The fourth-order valence-electron chi connectivity index (χ4n) is 1.93. The summed E-state index contributed by atoms with van der Waals surface area (Å²) in [5.74, 6) is -0.142. The van der Waals surface area contributed by atoms with Gasteiger partial charge < -0.3 is 15.7 Å². The van der Waals surface area contributed by atoms with Crippen LogP contribution in [0.2, 0.25) is 0 Å². The zero-order chi connectivity index (χ0) is 13.7. The molecule has 0 spiro atoms. The summed E-state index contributed by atoms with van der Waals surface area (Å²) in [4.78, 5) is 24.7. The van der Waals surface area contributed by atoms with Crippen LogP contribution in [0.4, 0.5) is 16.2 Å². The van der Waals surface area contributed by atoms with Crippen molar-refractivity contribution in [1.82, 2.24) is 5.32 Å². The van der Waals surface area contributed by atoms with E-state index in [1.165, 1.54) is 0 Å². The van der Waals surface area contributed by atoms with Gasteiger partial charge in [-0.05, 0) is 24.6 Å². The van der Waals surface area contributed by atoms with Gasteiger partial charge in [0.2, 0.25) is 5.91 Å². The summed E-state index contributed by atoms with van der Waals surface area (Å²) in [6.07, 6.45) is 0.727. The average Bonchev–Trinajstić information content (AvgIpc) is 2.83. The van der Waals surface area contributed by atoms with Crippen LogP contribution in [0.15, 0.2) is 24.3 Å². The molecule has 102 valence electrons. The normalized spacial score (nSPS) is 14.4. The first-order valence-corrected chi connectivity index (χ1v) is 6.27. The number of urea groups is 1. The van der Waals surface area contributed by atoms with Crippen LogP contribution in [-0.2, 0) is 4.79 Å². The van der Waals surface area contributed by atoms with Crippen LogP contribution in [0.5, 0.6) is 0 Å². The molecule has 0 aromatic heterocycles. The molecule has 3 amide bonds. The minimum absolute atomic E-state index is 0.00140. The van der Waals surface area contributed by atoms with Crippen LogP contribution < -0.4 is 15.5 Å². The van der Waals surface area contributed by atoms with E-state index < -0.39 is 0 Å². The molecule has 1 aliphatic heterocycles. The Bertz CT molecular complexity index is 476. The van der Waals surface area contributed by atoms with Gasteiger partial charge in [-0.3, -0.25) is 9.69 Å². The molecule has 6 nitrogen and oxygen atoms in total. The summed E-state index contributed by atoms with van der Waals surface area (Å²) in [6, 6.07) is 7.04. The SMILES string of the molecule is O=C(CCCO)Nc1cccc(N2CCNC2=O)c1. The molecule has 0 aliphatic carbocycles. The van der Waals surface area contributed by atoms with Crippen LogP contribution in [0.1, 0.15) is 12.8 Å². The maximum atomic E-state index is 11.6. The standard InChI is InChI=1S/C13H17N3O3/c17-8-2-5-12(18)15-10-3-1-4-11(9-10)16-7-6-14-13(16)19/h1,3-4,9,17H,2,5-8H2,(H,14,19)(H,15,18). The van der Waals surface area contributed by atoms with Gasteiger partial charge in [-0.25, -0.2) is 4.79 Å². The van der Waals surface area contributed by atoms with E-state index in [1.807, 2.05) is 6.07 Å². The van der Waals surface area contributed by atoms with Crippen molar-refractivity contribution >= 4 is 23.3 Å². The molecule has 0 bridgehead atoms. The predicted molar refractivity (Wildman–Crippen MR) is 72.1 cm³/mol. The van der Waals surface area contributed by atoms with Gasteiger partial charge in [0, 0.05) is 37.5 Å². The number of anilines is 2. The number of nitrogens with zero attached hydrogens (tertiary/aromatic N) is 1. The molecule has 2 rings (SSSR count). The Hall–Kier alpha value is -2.08. The number of carbonyl (C=O) groups excluding carboxylic acids is 2. The van der Waals surface area contributed by atoms with Crippen LogP contribution in [0.3, 0.4) is 0 Å². The van der Waals surface area contributed by atoms with Crippen LogP contribution in [-0.4, -0.2) is 36.7 Å². The molecule has 3 N–H and O–H groups in total. The summed E-state index contributed by atoms with van der Waals surface area (Å²) in [6.45, 7) is 1.26. The number of aliphatic hydroxyl groups is 1. The Morgan fingerprint density at radius 2 is 2.32 bits per heavy atom. The number of rotatable bonds is 5. The van der Waals surface area contributed by atoms with E-state index in [1.54, 1.807) is 23.1 Å². The summed E-state index contributed by atoms with van der Waals surface area (Å²) < 4.78 is 0. The molecule has 1 aromatic rings. The molecule has 1 aliphatic rings. The van der Waals surface area contributed by atoms with Gasteiger partial charge >= 0.3 is 6.03 Å². The lowest BCUT2D eigenvalue weighted by atomic mass is 10.2. The van der Waals surface area contributed by atoms with Crippen LogP contribution in [0.25, 0.3) is 0 Å². The van der Waals surface area contributed by atoms with E-state index >= 15 is 0 Å². The van der Waals surface area contributed by atoms with Gasteiger partial charge in [0.1, 0.15) is 0 Å². The maximum Gasteiger partial charge on any atom is 0.321 e. The number of hydrogen-bond donors (Lipinski definition) is 3. The van der Waals surface area contributed by atoms with E-state index in [4.69, 9.17) is 5.11 Å². The number of aliphatic hydroxyl groups excluding tert-OH is 1. The molecule has 1 fully saturated rings. The summed E-state index contributed by atoms with van der Waals surface area (Å²) in [5.41, 5.74) is 1.41. The highest BCUT2D eigenvalue weighted by molar-refractivity contribution is 5.96. The van der Waals surface area contributed by atoms with E-state index in [0.29, 0.717) is 25.2 Å². The van der Waals surface area contributed by atoms with Gasteiger partial charge in [-0.15, -0.1) is 0 Å². The Balaban J connectivity index is 2.02. The van der Waals surface area contributed by atoms with Crippen molar-refractivity contribution in [2.75, 3.05) is 29.9 Å². The number of amides is 3. The molecule has 0 atom stereocenters. The zero-order valence-corrected chi connectivity index (χ0v) is 10.6. The first-order chi connectivity index (χ1) is 9.20. The summed E-state index contributed by atoms with van der Waals surface area (Å²) >= 11 is 0. The monoisotopic (exact) mass is 263 g/mol. The van der Waals surface area contributed by atoms with Crippen molar-refractivity contribution in [2.24, 2.45) is 0 Å². The number of carbonyl (C=O) groups is 2. The first kappa shape index (κ1) is 13.4. The third-order valence-corrected chi connectivity index (χ3v) is 2.86. The molecule has 0 saturated carbocycles. The van der Waals surface area contributed by atoms with Crippen molar-refractivity contribution in [3.05, 3.63) is 24.3 Å². The fourth-order valence-corrected chi connectivity index (χ4v) is 1.93. The predicted octanol–water partition coefficient (Wildman–Crippen LogP) is 0.927. The average molecular weight is 263 g/mol. The van der Waals surface area contributed by atoms with Crippen molar-refractivity contribution in [1.29, 1.82) is 0 Å². The quantitative estimate of drug-likeness (QED) is 0.739. The highest BCUT2D eigenvalue weighted by Gasteiger charge is 2.21. The smallest absolute Gasteiger partial charge is 0.321 e. The second kappa shape index (κ2) is 6.19. The lowest BCUT2D eigenvalue weighted by Gasteiger charge is -2.15. The zero-order valence-electron chi connectivity index (χ0n) is 10.6. The minimum atomic E-state index is -0.142. The second-order valence-electron chi connectivity index (χ2n) is 4.31. The minimum Gasteiger partial charge on any atom is -0.396 e. The van der Waals surface area contributed by atoms with E-state index in [9.17, 15) is 9.59 Å². The number of benzene rings is 1. The Morgan fingerprint density at radius 3 is 3.00 bits per heavy atom. The maximum absolute atomic E-state index is 11.6. The Labute approximate surface area is 111 Å². The molecule has 1 aromatic carbocycles. The van der Waals surface area contributed by atoms with Gasteiger partial charge in [-0.2, -0.15) is 0 Å². The van der Waals surface area contributed by atoms with E-state index in [0.717, 1.165) is 5.69 Å². The van der Waals surface area contributed by atoms with Crippen molar-refractivity contribution in [2.45, 2.75) is 12.8 Å². The van der Waals surface area contributed by atoms with Gasteiger partial charge in [-0.1, -0.05) is 6.07 Å². The van der Waals surface area contributed by atoms with Crippen LogP contribution >= 0.6 is 0 Å². The van der Waals surface area contributed by atoms with E-state index in [2.05, 4.69) is 10.6 Å². The second-order valence-corrected chi connectivity index (χ2v) is 4.31. The highest BCUT2D eigenvalue weighted by Crippen LogP contribution is 2.21. The van der Waals surface area contributed by atoms with Crippen molar-refractivity contribution in [3.63, 3.8) is 0 Å². The molecular formula is C13H17N3O3. The third kappa shape index (κ3) is 3.45. The third-order valence-electron chi connectivity index (χ3n) is 2.86. The van der Waals surface area contributed by atoms with Gasteiger partial charge in [0.15, 0.2) is 0 Å².